The van der Waals surface area contributed by atoms with Crippen LogP contribution in [-0.2, 0) is 0 Å². The summed E-state index contributed by atoms with van der Waals surface area (Å²) < 4.78 is 26.5. The highest BCUT2D eigenvalue weighted by atomic mass is 79.9. The predicted octanol–water partition coefficient (Wildman–Crippen LogP) is 2.43. The summed E-state index contributed by atoms with van der Waals surface area (Å²) in [5.74, 6) is 0. The average Bonchev–Trinajstić information content (AvgIpc) is 2.46. The maximum Gasteiger partial charge on any atom is 0.281 e. The lowest BCUT2D eigenvalue weighted by Gasteiger charge is -1.90. The lowest BCUT2D eigenvalue weighted by Crippen LogP contribution is -1.84. The van der Waals surface area contributed by atoms with Gasteiger partial charge in [0.2, 0.25) is 0 Å². The Bertz CT molecular complexity index is 440. The van der Waals surface area contributed by atoms with Crippen molar-refractivity contribution < 1.29 is 8.78 Å². The van der Waals surface area contributed by atoms with Crippen LogP contribution in [-0.4, -0.2) is 14.4 Å². The van der Waals surface area contributed by atoms with E-state index in [1.807, 2.05) is 0 Å². The molecule has 0 spiro atoms. The van der Waals surface area contributed by atoms with Gasteiger partial charge in [-0.25, -0.2) is 18.7 Å². The van der Waals surface area contributed by atoms with Crippen molar-refractivity contribution in [1.29, 1.82) is 0 Å². The fourth-order valence-corrected chi connectivity index (χ4v) is 1.32. The summed E-state index contributed by atoms with van der Waals surface area (Å²) in [6.07, 6.45) is 1.75. The van der Waals surface area contributed by atoms with Gasteiger partial charge in [-0.1, -0.05) is 0 Å². The van der Waals surface area contributed by atoms with Gasteiger partial charge in [0.25, 0.3) is 6.43 Å². The van der Waals surface area contributed by atoms with Crippen LogP contribution in [0.2, 0.25) is 0 Å². The highest BCUT2D eigenvalue weighted by Gasteiger charge is 2.11. The number of aromatic nitrogens is 3. The van der Waals surface area contributed by atoms with Crippen LogP contribution in [0.25, 0.3) is 5.65 Å². The first-order chi connectivity index (χ1) is 6.16. The fourth-order valence-electron chi connectivity index (χ4n) is 0.999. The summed E-state index contributed by atoms with van der Waals surface area (Å²) >= 11 is 3.13. The summed E-state index contributed by atoms with van der Waals surface area (Å²) in [5, 5.41) is 0. The number of fused-ring (bicyclic) bond motifs is 1. The van der Waals surface area contributed by atoms with Gasteiger partial charge in [-0.15, -0.1) is 0 Å². The third kappa shape index (κ3) is 1.53. The van der Waals surface area contributed by atoms with Crippen molar-refractivity contribution in [3.05, 3.63) is 28.9 Å². The van der Waals surface area contributed by atoms with Crippen LogP contribution in [0.15, 0.2) is 23.2 Å². The third-order valence-electron chi connectivity index (χ3n) is 1.55. The minimum atomic E-state index is -2.54. The van der Waals surface area contributed by atoms with Crippen LogP contribution in [0, 0.1) is 0 Å². The Balaban J connectivity index is 2.62. The molecule has 0 atom stereocenters. The fraction of sp³-hybridized carbons (Fsp3) is 0.143. The minimum Gasteiger partial charge on any atom is -0.303 e. The Morgan fingerprint density at radius 2 is 2.15 bits per heavy atom. The zero-order valence-electron chi connectivity index (χ0n) is 6.28. The van der Waals surface area contributed by atoms with E-state index in [0.29, 0.717) is 10.3 Å². The molecular formula is C7H4BrF2N3. The Hall–Kier alpha value is -1.04. The molecule has 0 saturated carbocycles. The maximum absolute atomic E-state index is 12.2. The Morgan fingerprint density at radius 3 is 2.85 bits per heavy atom. The zero-order chi connectivity index (χ0) is 9.42. The Labute approximate surface area is 80.6 Å². The summed E-state index contributed by atoms with van der Waals surface area (Å²) in [6, 6.07) is 0. The molecule has 0 aliphatic carbocycles. The van der Waals surface area contributed by atoms with E-state index in [9.17, 15) is 8.78 Å². The van der Waals surface area contributed by atoms with E-state index in [0.717, 1.165) is 0 Å². The Kier molecular flexibility index (Phi) is 1.99. The van der Waals surface area contributed by atoms with Gasteiger partial charge in [-0.3, -0.25) is 0 Å². The van der Waals surface area contributed by atoms with Crippen molar-refractivity contribution in [3.63, 3.8) is 0 Å². The smallest absolute Gasteiger partial charge is 0.281 e. The summed E-state index contributed by atoms with van der Waals surface area (Å²) in [7, 11) is 0. The predicted molar refractivity (Wildman–Crippen MR) is 45.6 cm³/mol. The summed E-state index contributed by atoms with van der Waals surface area (Å²) in [4.78, 5) is 7.55. The van der Waals surface area contributed by atoms with Crippen molar-refractivity contribution in [1.82, 2.24) is 14.4 Å². The van der Waals surface area contributed by atoms with Crippen LogP contribution in [0.5, 0.6) is 0 Å². The van der Waals surface area contributed by atoms with Crippen LogP contribution < -0.4 is 0 Å². The number of imidazole rings is 1. The van der Waals surface area contributed by atoms with Gasteiger partial charge in [0.1, 0.15) is 10.3 Å². The first-order valence-corrected chi connectivity index (χ1v) is 4.24. The van der Waals surface area contributed by atoms with Crippen LogP contribution in [0.4, 0.5) is 8.78 Å². The molecule has 2 rings (SSSR count). The molecule has 0 aliphatic heterocycles. The quantitative estimate of drug-likeness (QED) is 0.775. The molecule has 0 radical (unpaired) electrons. The van der Waals surface area contributed by atoms with Crippen molar-refractivity contribution >= 4 is 21.6 Å². The van der Waals surface area contributed by atoms with Crippen molar-refractivity contribution in [2.45, 2.75) is 6.43 Å². The second-order valence-electron chi connectivity index (χ2n) is 2.44. The molecule has 2 heterocycles. The molecule has 2 aromatic heterocycles. The van der Waals surface area contributed by atoms with Gasteiger partial charge >= 0.3 is 0 Å². The summed E-state index contributed by atoms with van der Waals surface area (Å²) in [6.45, 7) is 0. The minimum absolute atomic E-state index is 0.236. The van der Waals surface area contributed by atoms with E-state index in [1.165, 1.54) is 16.8 Å². The second-order valence-corrected chi connectivity index (χ2v) is 3.25. The summed E-state index contributed by atoms with van der Waals surface area (Å²) in [5.41, 5.74) is 0.179. The zero-order valence-corrected chi connectivity index (χ0v) is 7.87. The lowest BCUT2D eigenvalue weighted by molar-refractivity contribution is 0.147. The molecule has 0 bridgehead atoms. The molecule has 0 unspecified atom stereocenters. The Morgan fingerprint density at radius 1 is 1.38 bits per heavy atom. The number of halogens is 3. The van der Waals surface area contributed by atoms with Crippen molar-refractivity contribution in [2.75, 3.05) is 0 Å². The van der Waals surface area contributed by atoms with Crippen molar-refractivity contribution in [2.24, 2.45) is 0 Å². The molecule has 6 heteroatoms. The monoisotopic (exact) mass is 247 g/mol. The van der Waals surface area contributed by atoms with E-state index >= 15 is 0 Å². The molecule has 0 N–H and O–H groups in total. The molecule has 68 valence electrons. The molecule has 0 saturated heterocycles. The number of nitrogens with zero attached hydrogens (tertiary/aromatic N) is 3. The molecule has 0 aliphatic rings. The average molecular weight is 248 g/mol. The molecule has 2 aromatic rings. The van der Waals surface area contributed by atoms with Crippen LogP contribution >= 0.6 is 15.9 Å². The highest BCUT2D eigenvalue weighted by Crippen LogP contribution is 2.18. The lowest BCUT2D eigenvalue weighted by atomic mass is 10.5. The maximum atomic E-state index is 12.2. The second kappa shape index (κ2) is 3.02. The normalized spacial score (nSPS) is 11.4. The molecular weight excluding hydrogens is 244 g/mol. The van der Waals surface area contributed by atoms with Gasteiger partial charge in [0, 0.05) is 12.4 Å². The van der Waals surface area contributed by atoms with Gasteiger partial charge < -0.3 is 4.40 Å². The molecule has 3 nitrogen and oxygen atoms in total. The van der Waals surface area contributed by atoms with Gasteiger partial charge in [0.15, 0.2) is 5.65 Å². The first-order valence-electron chi connectivity index (χ1n) is 3.45. The van der Waals surface area contributed by atoms with Crippen LogP contribution in [0.3, 0.4) is 0 Å². The van der Waals surface area contributed by atoms with E-state index < -0.39 is 6.43 Å². The van der Waals surface area contributed by atoms with Crippen LogP contribution in [0.1, 0.15) is 12.1 Å². The van der Waals surface area contributed by atoms with E-state index in [2.05, 4.69) is 25.9 Å². The van der Waals surface area contributed by atoms with Crippen molar-refractivity contribution in [3.8, 4) is 0 Å². The van der Waals surface area contributed by atoms with Gasteiger partial charge in [-0.05, 0) is 15.9 Å². The number of alkyl halides is 2. The number of rotatable bonds is 1. The third-order valence-corrected chi connectivity index (χ3v) is 1.96. The van der Waals surface area contributed by atoms with E-state index in [-0.39, 0.29) is 5.69 Å². The van der Waals surface area contributed by atoms with Gasteiger partial charge in [0.05, 0.1) is 6.20 Å². The van der Waals surface area contributed by atoms with E-state index in [1.54, 1.807) is 6.20 Å². The molecule has 0 amide bonds. The first kappa shape index (κ1) is 8.55. The largest absolute Gasteiger partial charge is 0.303 e. The SMILES string of the molecule is FC(F)c1cn2cc(Br)ncc2n1. The van der Waals surface area contributed by atoms with Gasteiger partial charge in [-0.2, -0.15) is 0 Å². The molecule has 13 heavy (non-hydrogen) atoms. The highest BCUT2D eigenvalue weighted by molar-refractivity contribution is 9.10. The van der Waals surface area contributed by atoms with E-state index in [4.69, 9.17) is 0 Å². The number of hydrogen-bond acceptors (Lipinski definition) is 2. The molecule has 0 fully saturated rings. The number of hydrogen-bond donors (Lipinski definition) is 0. The molecule has 0 aromatic carbocycles. The topological polar surface area (TPSA) is 30.2 Å². The standard InChI is InChI=1S/C7H4BrF2N3/c8-5-3-13-2-4(7(9)10)12-6(13)1-11-5/h1-3,7H.